The predicted molar refractivity (Wildman–Crippen MR) is 107 cm³/mol. The van der Waals surface area contributed by atoms with Gasteiger partial charge in [-0.05, 0) is 74.8 Å². The third-order valence-corrected chi connectivity index (χ3v) is 5.46. The Morgan fingerprint density at radius 3 is 2.67 bits per heavy atom. The number of nitrogens with zero attached hydrogens (tertiary/aromatic N) is 2. The standard InChI is InChI=1S/C20H21Cl2FN2O2/c1-24-7-2-3-17(24)6-8-25(20(26)27)19-5-4-14(21)12-18(19)13-9-15(22)11-16(23)10-13/h4-5,9-12,17H,2-3,6-8H2,1H3,(H,26,27). The van der Waals surface area contributed by atoms with Crippen LogP contribution in [0.5, 0.6) is 0 Å². The molecule has 0 bridgehead atoms. The smallest absolute Gasteiger partial charge is 0.411 e. The molecule has 1 aliphatic heterocycles. The molecule has 7 heteroatoms. The van der Waals surface area contributed by atoms with Gasteiger partial charge in [-0.15, -0.1) is 0 Å². The molecule has 0 spiro atoms. The highest BCUT2D eigenvalue weighted by molar-refractivity contribution is 6.31. The van der Waals surface area contributed by atoms with Gasteiger partial charge in [0.2, 0.25) is 0 Å². The first-order valence-electron chi connectivity index (χ1n) is 8.82. The minimum atomic E-state index is -1.05. The van der Waals surface area contributed by atoms with E-state index >= 15 is 0 Å². The van der Waals surface area contributed by atoms with Crippen LogP contribution in [0.15, 0.2) is 36.4 Å². The second-order valence-electron chi connectivity index (χ2n) is 6.82. The molecule has 1 saturated heterocycles. The molecule has 2 aromatic rings. The molecule has 1 amide bonds. The summed E-state index contributed by atoms with van der Waals surface area (Å²) in [6, 6.07) is 9.43. The highest BCUT2D eigenvalue weighted by Crippen LogP contribution is 2.35. The maximum Gasteiger partial charge on any atom is 0.411 e. The molecular weight excluding hydrogens is 390 g/mol. The van der Waals surface area contributed by atoms with Crippen molar-refractivity contribution in [3.05, 3.63) is 52.3 Å². The Balaban J connectivity index is 1.96. The minimum absolute atomic E-state index is 0.241. The van der Waals surface area contributed by atoms with Gasteiger partial charge in [0.1, 0.15) is 5.82 Å². The summed E-state index contributed by atoms with van der Waals surface area (Å²) in [6.07, 6.45) is 1.87. The lowest BCUT2D eigenvalue weighted by Gasteiger charge is -2.26. The van der Waals surface area contributed by atoms with Gasteiger partial charge in [-0.1, -0.05) is 23.2 Å². The van der Waals surface area contributed by atoms with Crippen LogP contribution in [0.25, 0.3) is 11.1 Å². The monoisotopic (exact) mass is 410 g/mol. The summed E-state index contributed by atoms with van der Waals surface area (Å²) in [5.41, 5.74) is 1.49. The largest absolute Gasteiger partial charge is 0.465 e. The first-order valence-corrected chi connectivity index (χ1v) is 9.57. The molecule has 4 nitrogen and oxygen atoms in total. The topological polar surface area (TPSA) is 43.8 Å². The van der Waals surface area contributed by atoms with E-state index in [0.29, 0.717) is 34.4 Å². The molecule has 1 unspecified atom stereocenters. The van der Waals surface area contributed by atoms with E-state index in [4.69, 9.17) is 23.2 Å². The molecule has 2 aromatic carbocycles. The second kappa shape index (κ2) is 8.46. The van der Waals surface area contributed by atoms with Gasteiger partial charge in [-0.25, -0.2) is 9.18 Å². The lowest BCUT2D eigenvalue weighted by molar-refractivity contribution is 0.200. The van der Waals surface area contributed by atoms with Gasteiger partial charge in [0.25, 0.3) is 0 Å². The highest BCUT2D eigenvalue weighted by atomic mass is 35.5. The van der Waals surface area contributed by atoms with Crippen LogP contribution < -0.4 is 4.90 Å². The van der Waals surface area contributed by atoms with Gasteiger partial charge >= 0.3 is 6.09 Å². The van der Waals surface area contributed by atoms with Crippen LogP contribution in [-0.2, 0) is 0 Å². The number of carboxylic acid groups (broad SMARTS) is 1. The third kappa shape index (κ3) is 4.72. The van der Waals surface area contributed by atoms with Crippen molar-refractivity contribution in [2.75, 3.05) is 25.0 Å². The summed E-state index contributed by atoms with van der Waals surface area (Å²) >= 11 is 12.1. The van der Waals surface area contributed by atoms with Crippen molar-refractivity contribution < 1.29 is 14.3 Å². The van der Waals surface area contributed by atoms with Crippen LogP contribution in [0.3, 0.4) is 0 Å². The van der Waals surface area contributed by atoms with Crippen LogP contribution in [0.2, 0.25) is 10.0 Å². The maximum atomic E-state index is 13.8. The van der Waals surface area contributed by atoms with Crippen LogP contribution in [0, 0.1) is 5.82 Å². The van der Waals surface area contributed by atoms with Crippen molar-refractivity contribution >= 4 is 35.0 Å². The van der Waals surface area contributed by atoms with Gasteiger partial charge in [-0.3, -0.25) is 4.90 Å². The molecule has 144 valence electrons. The molecule has 1 atom stereocenters. The third-order valence-electron chi connectivity index (χ3n) is 5.01. The summed E-state index contributed by atoms with van der Waals surface area (Å²) in [5, 5.41) is 10.5. The molecule has 0 aliphatic carbocycles. The molecule has 1 aliphatic rings. The molecule has 1 heterocycles. The average molecular weight is 411 g/mol. The second-order valence-corrected chi connectivity index (χ2v) is 7.69. The summed E-state index contributed by atoms with van der Waals surface area (Å²) < 4.78 is 13.8. The number of benzene rings is 2. The zero-order valence-corrected chi connectivity index (χ0v) is 16.5. The summed E-state index contributed by atoms with van der Waals surface area (Å²) in [4.78, 5) is 15.5. The van der Waals surface area contributed by atoms with E-state index < -0.39 is 11.9 Å². The number of carbonyl (C=O) groups is 1. The first-order chi connectivity index (χ1) is 12.8. The summed E-state index contributed by atoms with van der Waals surface area (Å²) in [6.45, 7) is 1.38. The van der Waals surface area contributed by atoms with Crippen LogP contribution >= 0.6 is 23.2 Å². The van der Waals surface area contributed by atoms with Crippen molar-refractivity contribution in [1.29, 1.82) is 0 Å². The van der Waals surface area contributed by atoms with E-state index in [1.54, 1.807) is 24.3 Å². The number of hydrogen-bond acceptors (Lipinski definition) is 2. The van der Waals surface area contributed by atoms with Crippen molar-refractivity contribution in [1.82, 2.24) is 4.90 Å². The van der Waals surface area contributed by atoms with Crippen molar-refractivity contribution in [3.8, 4) is 11.1 Å². The number of rotatable bonds is 5. The van der Waals surface area contributed by atoms with Crippen LogP contribution in [0.1, 0.15) is 19.3 Å². The van der Waals surface area contributed by atoms with E-state index in [2.05, 4.69) is 11.9 Å². The number of anilines is 1. The lowest BCUT2D eigenvalue weighted by Crippen LogP contribution is -2.35. The van der Waals surface area contributed by atoms with Crippen LogP contribution in [0.4, 0.5) is 14.9 Å². The van der Waals surface area contributed by atoms with E-state index in [1.165, 1.54) is 17.0 Å². The minimum Gasteiger partial charge on any atom is -0.465 e. The fourth-order valence-electron chi connectivity index (χ4n) is 3.63. The lowest BCUT2D eigenvalue weighted by atomic mass is 10.0. The SMILES string of the molecule is CN1CCCC1CCN(C(=O)O)c1ccc(Cl)cc1-c1cc(F)cc(Cl)c1. The Hall–Kier alpha value is -1.82. The fourth-order valence-corrected chi connectivity index (χ4v) is 4.02. The zero-order valence-electron chi connectivity index (χ0n) is 15.0. The van der Waals surface area contributed by atoms with Gasteiger partial charge in [-0.2, -0.15) is 0 Å². The van der Waals surface area contributed by atoms with E-state index in [-0.39, 0.29) is 5.02 Å². The number of halogens is 3. The molecule has 0 radical (unpaired) electrons. The Kier molecular flexibility index (Phi) is 6.25. The predicted octanol–water partition coefficient (Wildman–Crippen LogP) is 5.77. The fraction of sp³-hybridized carbons (Fsp3) is 0.350. The van der Waals surface area contributed by atoms with Gasteiger partial charge < -0.3 is 10.0 Å². The Bertz CT molecular complexity index is 826. The van der Waals surface area contributed by atoms with E-state index in [0.717, 1.165) is 25.8 Å². The molecular formula is C20H21Cl2FN2O2. The Morgan fingerprint density at radius 1 is 1.26 bits per heavy atom. The van der Waals surface area contributed by atoms with Crippen molar-refractivity contribution in [2.24, 2.45) is 0 Å². The molecule has 1 fully saturated rings. The number of hydrogen-bond donors (Lipinski definition) is 1. The molecule has 1 N–H and O–H groups in total. The number of amides is 1. The molecule has 3 rings (SSSR count). The normalized spacial score (nSPS) is 17.3. The van der Waals surface area contributed by atoms with Crippen LogP contribution in [-0.4, -0.2) is 42.3 Å². The Morgan fingerprint density at radius 2 is 2.04 bits per heavy atom. The Labute approximate surface area is 168 Å². The van der Waals surface area contributed by atoms with E-state index in [1.807, 2.05) is 0 Å². The van der Waals surface area contributed by atoms with Gasteiger partial charge in [0.05, 0.1) is 5.69 Å². The summed E-state index contributed by atoms with van der Waals surface area (Å²) in [5.74, 6) is -0.488. The maximum absolute atomic E-state index is 13.8. The summed E-state index contributed by atoms with van der Waals surface area (Å²) in [7, 11) is 2.06. The van der Waals surface area contributed by atoms with Crippen molar-refractivity contribution in [3.63, 3.8) is 0 Å². The molecule has 0 aromatic heterocycles. The van der Waals surface area contributed by atoms with Crippen molar-refractivity contribution in [2.45, 2.75) is 25.3 Å². The van der Waals surface area contributed by atoms with E-state index in [9.17, 15) is 14.3 Å². The van der Waals surface area contributed by atoms with Gasteiger partial charge in [0, 0.05) is 28.2 Å². The number of likely N-dealkylation sites (tertiary alicyclic amines) is 1. The molecule has 27 heavy (non-hydrogen) atoms. The molecule has 0 saturated carbocycles. The highest BCUT2D eigenvalue weighted by Gasteiger charge is 2.25. The zero-order chi connectivity index (χ0) is 19.6. The van der Waals surface area contributed by atoms with Gasteiger partial charge in [0.15, 0.2) is 0 Å². The quantitative estimate of drug-likeness (QED) is 0.680. The first kappa shape index (κ1) is 19.9. The average Bonchev–Trinajstić information content (AvgIpc) is 3.00.